The Morgan fingerprint density at radius 3 is 1.75 bits per heavy atom. The van der Waals surface area contributed by atoms with Gasteiger partial charge >= 0.3 is 0 Å². The van der Waals surface area contributed by atoms with Crippen molar-refractivity contribution in [2.45, 2.75) is 5.41 Å². The molecule has 68 heavy (non-hydrogen) atoms. The zero-order chi connectivity index (χ0) is 44.8. The first-order valence-electron chi connectivity index (χ1n) is 23.4. The topological polar surface area (TPSA) is 8.17 Å². The summed E-state index contributed by atoms with van der Waals surface area (Å²) in [7, 11) is 0. The Balaban J connectivity index is 0.981. The molecule has 0 spiro atoms. The number of aromatic nitrogens is 1. The van der Waals surface area contributed by atoms with Gasteiger partial charge in [-0.1, -0.05) is 200 Å². The van der Waals surface area contributed by atoms with Crippen LogP contribution in [-0.4, -0.2) is 4.57 Å². The average molecular weight is 883 g/mol. The quantitative estimate of drug-likeness (QED) is 0.155. The Morgan fingerprint density at radius 1 is 0.368 bits per heavy atom. The first-order valence-corrected chi connectivity index (χ1v) is 24.2. The van der Waals surface area contributed by atoms with E-state index in [4.69, 9.17) is 0 Å². The highest BCUT2D eigenvalue weighted by Gasteiger charge is 2.46. The van der Waals surface area contributed by atoms with Crippen molar-refractivity contribution in [1.82, 2.24) is 4.57 Å². The molecule has 0 unspecified atom stereocenters. The van der Waals surface area contributed by atoms with Gasteiger partial charge in [-0.3, -0.25) is 0 Å². The number of benzene rings is 11. The second-order valence-electron chi connectivity index (χ2n) is 17.9. The fourth-order valence-corrected chi connectivity index (χ4v) is 12.9. The van der Waals surface area contributed by atoms with Crippen molar-refractivity contribution >= 4 is 81.1 Å². The van der Waals surface area contributed by atoms with Crippen molar-refractivity contribution in [3.63, 3.8) is 0 Å². The molecule has 1 aliphatic rings. The molecule has 0 saturated carbocycles. The molecule has 1 aliphatic carbocycles. The van der Waals surface area contributed by atoms with Gasteiger partial charge in [0.05, 0.1) is 26.8 Å². The van der Waals surface area contributed by atoms with Gasteiger partial charge in [-0.15, -0.1) is 11.3 Å². The van der Waals surface area contributed by atoms with E-state index in [0.717, 1.165) is 22.7 Å². The van der Waals surface area contributed by atoms with Gasteiger partial charge in [-0.25, -0.2) is 0 Å². The van der Waals surface area contributed by atoms with Crippen LogP contribution in [0.15, 0.2) is 255 Å². The molecular weight excluding hydrogens is 841 g/mol. The molecule has 318 valence electrons. The highest BCUT2D eigenvalue weighted by molar-refractivity contribution is 7.27. The number of hydrogen-bond donors (Lipinski definition) is 0. The van der Waals surface area contributed by atoms with Crippen LogP contribution in [0.3, 0.4) is 0 Å². The molecule has 0 radical (unpaired) electrons. The molecule has 0 atom stereocenters. The summed E-state index contributed by atoms with van der Waals surface area (Å²) in [5, 5.41) is 7.58. The van der Waals surface area contributed by atoms with Gasteiger partial charge in [0.25, 0.3) is 0 Å². The summed E-state index contributed by atoms with van der Waals surface area (Å²) >= 11 is 1.90. The number of fused-ring (bicyclic) bond motifs is 11. The molecule has 0 aliphatic heterocycles. The van der Waals surface area contributed by atoms with E-state index in [-0.39, 0.29) is 0 Å². The maximum Gasteiger partial charge on any atom is 0.0713 e. The lowest BCUT2D eigenvalue weighted by Gasteiger charge is -2.34. The van der Waals surface area contributed by atoms with E-state index in [2.05, 4.69) is 264 Å². The third-order valence-corrected chi connectivity index (χ3v) is 15.7. The lowest BCUT2D eigenvalue weighted by Crippen LogP contribution is -2.28. The van der Waals surface area contributed by atoms with Crippen LogP contribution in [0.5, 0.6) is 0 Å². The summed E-state index contributed by atoms with van der Waals surface area (Å²) < 4.78 is 4.99. The van der Waals surface area contributed by atoms with E-state index in [1.54, 1.807) is 0 Å². The van der Waals surface area contributed by atoms with Gasteiger partial charge in [-0.2, -0.15) is 0 Å². The molecule has 2 heterocycles. The number of anilines is 3. The zero-order valence-corrected chi connectivity index (χ0v) is 37.9. The number of nitrogens with zero attached hydrogens (tertiary/aromatic N) is 2. The average Bonchev–Trinajstić information content (AvgIpc) is 4.07. The van der Waals surface area contributed by atoms with Gasteiger partial charge in [-0.05, 0) is 110 Å². The molecule has 3 heteroatoms. The largest absolute Gasteiger partial charge is 0.309 e. The van der Waals surface area contributed by atoms with E-state index in [9.17, 15) is 0 Å². The number of para-hydroxylation sites is 2. The highest BCUT2D eigenvalue weighted by Crippen LogP contribution is 2.58. The van der Waals surface area contributed by atoms with E-state index in [1.165, 1.54) is 97.3 Å². The van der Waals surface area contributed by atoms with Crippen LogP contribution in [0.25, 0.3) is 80.7 Å². The predicted octanol–water partition coefficient (Wildman–Crippen LogP) is 17.8. The van der Waals surface area contributed by atoms with Crippen LogP contribution in [-0.2, 0) is 5.41 Å². The van der Waals surface area contributed by atoms with Gasteiger partial charge in [0, 0.05) is 43.3 Å². The summed E-state index contributed by atoms with van der Waals surface area (Å²) in [6.07, 6.45) is 0. The smallest absolute Gasteiger partial charge is 0.0713 e. The van der Waals surface area contributed by atoms with Crippen LogP contribution in [0.4, 0.5) is 17.1 Å². The Labute approximate surface area is 398 Å². The second kappa shape index (κ2) is 15.3. The fourth-order valence-electron chi connectivity index (χ4n) is 11.6. The number of hydrogen-bond acceptors (Lipinski definition) is 2. The molecule has 2 nitrogen and oxygen atoms in total. The van der Waals surface area contributed by atoms with Crippen molar-refractivity contribution in [3.05, 3.63) is 277 Å². The fraction of sp³-hybridized carbons (Fsp3) is 0.0154. The Kier molecular flexibility index (Phi) is 8.71. The van der Waals surface area contributed by atoms with Crippen LogP contribution in [0, 0.1) is 0 Å². The van der Waals surface area contributed by atoms with Crippen LogP contribution < -0.4 is 4.90 Å². The summed E-state index contributed by atoms with van der Waals surface area (Å²) in [5.41, 5.74) is 16.6. The van der Waals surface area contributed by atoms with E-state index in [0.29, 0.717) is 0 Å². The van der Waals surface area contributed by atoms with Crippen molar-refractivity contribution in [3.8, 4) is 27.9 Å². The summed E-state index contributed by atoms with van der Waals surface area (Å²) in [4.78, 5) is 2.48. The van der Waals surface area contributed by atoms with Gasteiger partial charge in [0.2, 0.25) is 0 Å². The van der Waals surface area contributed by atoms with E-state index >= 15 is 0 Å². The van der Waals surface area contributed by atoms with Crippen molar-refractivity contribution < 1.29 is 0 Å². The standard InChI is InChI=1S/C65H42N2S/c1-4-19-45(20-5-1)65(46-21-6-2-7-22-46)57-30-14-12-27-55(57)62-50(28-16-31-58(62)65)44-34-37-48(38-35-44)66(61-33-17-29-53-54-40-36-43-18-10-11-25-51(43)63(54)68-64(53)61)49-39-41-60-56(42-49)52-26-13-15-32-59(52)67(60)47-23-8-3-9-24-47/h1-42H. The second-order valence-corrected chi connectivity index (χ2v) is 19.0. The molecular formula is C65H42N2S. The molecule has 14 rings (SSSR count). The van der Waals surface area contributed by atoms with Crippen LogP contribution in [0.2, 0.25) is 0 Å². The lowest BCUT2D eigenvalue weighted by molar-refractivity contribution is 0.768. The maximum absolute atomic E-state index is 2.48. The first kappa shape index (κ1) is 38.7. The third-order valence-electron chi connectivity index (χ3n) is 14.5. The molecule has 0 fully saturated rings. The van der Waals surface area contributed by atoms with Gasteiger partial charge in [0.15, 0.2) is 0 Å². The minimum absolute atomic E-state index is 0.461. The predicted molar refractivity (Wildman–Crippen MR) is 289 cm³/mol. The van der Waals surface area contributed by atoms with Crippen molar-refractivity contribution in [2.75, 3.05) is 4.90 Å². The lowest BCUT2D eigenvalue weighted by atomic mass is 9.67. The normalized spacial score (nSPS) is 12.8. The molecule has 13 aromatic rings. The number of thiophene rings is 1. The highest BCUT2D eigenvalue weighted by atomic mass is 32.1. The minimum atomic E-state index is -0.461. The summed E-state index contributed by atoms with van der Waals surface area (Å²) in [6, 6.07) is 94.2. The third kappa shape index (κ3) is 5.63. The van der Waals surface area contributed by atoms with Crippen LogP contribution in [0.1, 0.15) is 22.3 Å². The molecule has 0 saturated heterocycles. The first-order chi connectivity index (χ1) is 33.8. The zero-order valence-electron chi connectivity index (χ0n) is 37.1. The van der Waals surface area contributed by atoms with E-state index in [1.807, 2.05) is 11.3 Å². The van der Waals surface area contributed by atoms with Crippen molar-refractivity contribution in [2.24, 2.45) is 0 Å². The Bertz CT molecular complexity index is 4030. The molecule has 0 N–H and O–H groups in total. The summed E-state index contributed by atoms with van der Waals surface area (Å²) in [5.74, 6) is 0. The molecule has 0 amide bonds. The molecule has 0 bridgehead atoms. The number of rotatable bonds is 7. The maximum atomic E-state index is 2.48. The van der Waals surface area contributed by atoms with E-state index < -0.39 is 5.41 Å². The van der Waals surface area contributed by atoms with Gasteiger partial charge in [0.1, 0.15) is 0 Å². The van der Waals surface area contributed by atoms with Crippen molar-refractivity contribution in [1.29, 1.82) is 0 Å². The monoisotopic (exact) mass is 882 g/mol. The van der Waals surface area contributed by atoms with Crippen LogP contribution >= 0.6 is 11.3 Å². The Morgan fingerprint density at radius 2 is 0.956 bits per heavy atom. The summed E-state index contributed by atoms with van der Waals surface area (Å²) in [6.45, 7) is 0. The minimum Gasteiger partial charge on any atom is -0.309 e. The SMILES string of the molecule is c1ccc(-n2c3ccccc3c3cc(N(c4ccc(-c5cccc6c5-c5ccccc5C6(c5ccccc5)c5ccccc5)cc4)c4cccc5c4sc4c6ccccc6ccc54)ccc32)cc1. The molecule has 2 aromatic heterocycles. The van der Waals surface area contributed by atoms with Gasteiger partial charge < -0.3 is 9.47 Å². The Hall–Kier alpha value is -8.50. The molecule has 11 aromatic carbocycles.